The molecule has 17 heavy (non-hydrogen) atoms. The Hall–Kier alpha value is -1.25. The van der Waals surface area contributed by atoms with Crippen LogP contribution < -0.4 is 0 Å². The fraction of sp³-hybridized carbons (Fsp3) is 0.286. The van der Waals surface area contributed by atoms with E-state index in [0.29, 0.717) is 12.0 Å². The van der Waals surface area contributed by atoms with Crippen LogP contribution in [0.15, 0.2) is 47.1 Å². The molecule has 0 fully saturated rings. The SMILES string of the molecule is OC(CCCc1ccccc1)c1ccoc1Cl. The Kier molecular flexibility index (Phi) is 4.24. The zero-order valence-electron chi connectivity index (χ0n) is 9.47. The topological polar surface area (TPSA) is 33.4 Å². The molecule has 1 heterocycles. The predicted molar refractivity (Wildman–Crippen MR) is 68.1 cm³/mol. The molecule has 1 N–H and O–H groups in total. The summed E-state index contributed by atoms with van der Waals surface area (Å²) in [5.74, 6) is 0. The number of aryl methyl sites for hydroxylation is 1. The molecule has 90 valence electrons. The molecule has 1 aromatic carbocycles. The summed E-state index contributed by atoms with van der Waals surface area (Å²) in [7, 11) is 0. The first-order chi connectivity index (χ1) is 8.27. The summed E-state index contributed by atoms with van der Waals surface area (Å²) in [6, 6.07) is 12.0. The minimum Gasteiger partial charge on any atom is -0.453 e. The lowest BCUT2D eigenvalue weighted by Gasteiger charge is -2.08. The van der Waals surface area contributed by atoms with Gasteiger partial charge in [0.2, 0.25) is 0 Å². The van der Waals surface area contributed by atoms with Crippen molar-refractivity contribution in [2.45, 2.75) is 25.4 Å². The van der Waals surface area contributed by atoms with Crippen molar-refractivity contribution in [3.05, 3.63) is 59.0 Å². The molecule has 0 saturated heterocycles. The van der Waals surface area contributed by atoms with Crippen LogP contribution in [0.1, 0.15) is 30.1 Å². The highest BCUT2D eigenvalue weighted by Gasteiger charge is 2.13. The van der Waals surface area contributed by atoms with Gasteiger partial charge in [-0.05, 0) is 42.5 Å². The van der Waals surface area contributed by atoms with E-state index >= 15 is 0 Å². The summed E-state index contributed by atoms with van der Waals surface area (Å²) in [6.45, 7) is 0. The predicted octanol–water partition coefficient (Wildman–Crippen LogP) is 3.99. The molecule has 0 saturated carbocycles. The smallest absolute Gasteiger partial charge is 0.198 e. The molecule has 0 radical (unpaired) electrons. The molecule has 0 aliphatic carbocycles. The van der Waals surface area contributed by atoms with Crippen LogP contribution in [0.5, 0.6) is 0 Å². The van der Waals surface area contributed by atoms with Gasteiger partial charge in [-0.1, -0.05) is 30.3 Å². The van der Waals surface area contributed by atoms with Gasteiger partial charge in [0.05, 0.1) is 12.4 Å². The molecule has 1 atom stereocenters. The quantitative estimate of drug-likeness (QED) is 0.871. The maximum atomic E-state index is 9.92. The molecule has 0 aliphatic rings. The highest BCUT2D eigenvalue weighted by atomic mass is 35.5. The standard InChI is InChI=1S/C14H15ClO2/c15-14-12(9-10-17-14)13(16)8-4-7-11-5-2-1-3-6-11/h1-3,5-6,9-10,13,16H,4,7-8H2. The minimum absolute atomic E-state index is 0.289. The summed E-state index contributed by atoms with van der Waals surface area (Å²) in [4.78, 5) is 0. The molecule has 2 aromatic rings. The van der Waals surface area contributed by atoms with Crippen molar-refractivity contribution in [1.82, 2.24) is 0 Å². The summed E-state index contributed by atoms with van der Waals surface area (Å²) in [6.07, 6.45) is 3.54. The molecular formula is C14H15ClO2. The highest BCUT2D eigenvalue weighted by molar-refractivity contribution is 6.29. The number of halogens is 1. The van der Waals surface area contributed by atoms with E-state index < -0.39 is 6.10 Å². The van der Waals surface area contributed by atoms with Gasteiger partial charge in [0, 0.05) is 5.56 Å². The molecule has 0 bridgehead atoms. The van der Waals surface area contributed by atoms with E-state index in [1.54, 1.807) is 6.07 Å². The van der Waals surface area contributed by atoms with Crippen molar-refractivity contribution >= 4 is 11.6 Å². The van der Waals surface area contributed by atoms with Crippen LogP contribution in [0.25, 0.3) is 0 Å². The fourth-order valence-electron chi connectivity index (χ4n) is 1.84. The van der Waals surface area contributed by atoms with Crippen molar-refractivity contribution in [3.63, 3.8) is 0 Å². The Morgan fingerprint density at radius 2 is 1.94 bits per heavy atom. The van der Waals surface area contributed by atoms with Crippen molar-refractivity contribution in [1.29, 1.82) is 0 Å². The first kappa shape index (κ1) is 12.2. The van der Waals surface area contributed by atoms with E-state index in [4.69, 9.17) is 16.0 Å². The summed E-state index contributed by atoms with van der Waals surface area (Å²) < 4.78 is 4.96. The van der Waals surface area contributed by atoms with E-state index in [1.165, 1.54) is 11.8 Å². The summed E-state index contributed by atoms with van der Waals surface area (Å²) in [5, 5.41) is 10.2. The highest BCUT2D eigenvalue weighted by Crippen LogP contribution is 2.27. The molecule has 2 nitrogen and oxygen atoms in total. The second kappa shape index (κ2) is 5.89. The number of furan rings is 1. The lowest BCUT2D eigenvalue weighted by molar-refractivity contribution is 0.164. The number of hydrogen-bond donors (Lipinski definition) is 1. The van der Waals surface area contributed by atoms with Gasteiger partial charge >= 0.3 is 0 Å². The molecule has 0 spiro atoms. The third-order valence-electron chi connectivity index (χ3n) is 2.79. The maximum absolute atomic E-state index is 9.92. The van der Waals surface area contributed by atoms with Gasteiger partial charge in [0.1, 0.15) is 0 Å². The Bertz CT molecular complexity index is 450. The van der Waals surface area contributed by atoms with Gasteiger partial charge in [0.25, 0.3) is 0 Å². The van der Waals surface area contributed by atoms with Gasteiger partial charge in [-0.15, -0.1) is 0 Å². The average molecular weight is 251 g/mol. The van der Waals surface area contributed by atoms with Gasteiger partial charge in [-0.2, -0.15) is 0 Å². The summed E-state index contributed by atoms with van der Waals surface area (Å²) >= 11 is 5.80. The van der Waals surface area contributed by atoms with Crippen molar-refractivity contribution in [3.8, 4) is 0 Å². The largest absolute Gasteiger partial charge is 0.453 e. The maximum Gasteiger partial charge on any atom is 0.198 e. The Morgan fingerprint density at radius 1 is 1.18 bits per heavy atom. The number of aliphatic hydroxyl groups is 1. The van der Waals surface area contributed by atoms with Crippen LogP contribution >= 0.6 is 11.6 Å². The molecule has 0 aliphatic heterocycles. The fourth-order valence-corrected chi connectivity index (χ4v) is 2.08. The molecule has 3 heteroatoms. The van der Waals surface area contributed by atoms with Gasteiger partial charge in [-0.25, -0.2) is 0 Å². The lowest BCUT2D eigenvalue weighted by Crippen LogP contribution is -1.97. The normalized spacial score (nSPS) is 12.6. The second-order valence-corrected chi connectivity index (χ2v) is 4.39. The van der Waals surface area contributed by atoms with E-state index in [1.807, 2.05) is 18.2 Å². The minimum atomic E-state index is -0.537. The zero-order chi connectivity index (χ0) is 12.1. The third kappa shape index (κ3) is 3.35. The van der Waals surface area contributed by atoms with Gasteiger partial charge in [0.15, 0.2) is 5.22 Å². The average Bonchev–Trinajstić information content (AvgIpc) is 2.77. The first-order valence-corrected chi connectivity index (χ1v) is 6.10. The Labute approximate surface area is 106 Å². The van der Waals surface area contributed by atoms with Crippen molar-refractivity contribution in [2.24, 2.45) is 0 Å². The molecular weight excluding hydrogens is 236 g/mol. The van der Waals surface area contributed by atoms with E-state index in [0.717, 1.165) is 12.8 Å². The van der Waals surface area contributed by atoms with Crippen LogP contribution in [-0.2, 0) is 6.42 Å². The van der Waals surface area contributed by atoms with Crippen LogP contribution in [-0.4, -0.2) is 5.11 Å². The molecule has 0 amide bonds. The second-order valence-electron chi connectivity index (χ2n) is 4.04. The zero-order valence-corrected chi connectivity index (χ0v) is 10.2. The van der Waals surface area contributed by atoms with Gasteiger partial charge < -0.3 is 9.52 Å². The Balaban J connectivity index is 1.81. The monoisotopic (exact) mass is 250 g/mol. The van der Waals surface area contributed by atoms with Crippen molar-refractivity contribution in [2.75, 3.05) is 0 Å². The number of rotatable bonds is 5. The van der Waals surface area contributed by atoms with Gasteiger partial charge in [-0.3, -0.25) is 0 Å². The summed E-state index contributed by atoms with van der Waals surface area (Å²) in [5.41, 5.74) is 1.97. The van der Waals surface area contributed by atoms with E-state index in [9.17, 15) is 5.11 Å². The number of hydrogen-bond acceptors (Lipinski definition) is 2. The van der Waals surface area contributed by atoms with E-state index in [2.05, 4.69) is 12.1 Å². The van der Waals surface area contributed by atoms with Crippen LogP contribution in [0.3, 0.4) is 0 Å². The third-order valence-corrected chi connectivity index (χ3v) is 3.10. The first-order valence-electron chi connectivity index (χ1n) is 5.72. The number of aliphatic hydroxyl groups excluding tert-OH is 1. The van der Waals surface area contributed by atoms with Crippen molar-refractivity contribution < 1.29 is 9.52 Å². The Morgan fingerprint density at radius 3 is 2.59 bits per heavy atom. The lowest BCUT2D eigenvalue weighted by atomic mass is 10.0. The number of benzene rings is 1. The molecule has 1 aromatic heterocycles. The van der Waals surface area contributed by atoms with Crippen LogP contribution in [0.2, 0.25) is 5.22 Å². The van der Waals surface area contributed by atoms with Crippen LogP contribution in [0, 0.1) is 0 Å². The van der Waals surface area contributed by atoms with Crippen LogP contribution in [0.4, 0.5) is 0 Å². The molecule has 1 unspecified atom stereocenters. The molecule has 2 rings (SSSR count). The van der Waals surface area contributed by atoms with E-state index in [-0.39, 0.29) is 5.22 Å².